The van der Waals surface area contributed by atoms with Gasteiger partial charge in [-0.05, 0) is 12.8 Å². The van der Waals surface area contributed by atoms with Gasteiger partial charge in [-0.15, -0.1) is 0 Å². The van der Waals surface area contributed by atoms with Crippen molar-refractivity contribution in [3.8, 4) is 0 Å². The van der Waals surface area contributed by atoms with Crippen LogP contribution in [0.4, 0.5) is 0 Å². The van der Waals surface area contributed by atoms with Gasteiger partial charge in [-0.2, -0.15) is 0 Å². The van der Waals surface area contributed by atoms with Crippen LogP contribution in [-0.2, 0) is 12.6 Å². The largest absolute Gasteiger partial charge is 0.319 e. The molecule has 1 aliphatic rings. The summed E-state index contributed by atoms with van der Waals surface area (Å²) in [4.78, 5) is 24.0. The van der Waals surface area contributed by atoms with Crippen LogP contribution in [0.1, 0.15) is 70.0 Å². The second kappa shape index (κ2) is 6.83. The number of aromatic nitrogens is 4. The molecule has 6 heteroatoms. The van der Waals surface area contributed by atoms with Crippen molar-refractivity contribution in [2.45, 2.75) is 69.7 Å². The van der Waals surface area contributed by atoms with Crippen molar-refractivity contribution in [1.29, 1.82) is 0 Å². The lowest BCUT2D eigenvalue weighted by Gasteiger charge is -2.28. The van der Waals surface area contributed by atoms with Crippen molar-refractivity contribution in [2.24, 2.45) is 12.8 Å². The Bertz CT molecular complexity index is 705. The summed E-state index contributed by atoms with van der Waals surface area (Å²) in [5, 5.41) is 0. The molecule has 0 atom stereocenters. The van der Waals surface area contributed by atoms with Crippen molar-refractivity contribution in [1.82, 2.24) is 19.5 Å². The fourth-order valence-corrected chi connectivity index (χ4v) is 3.56. The quantitative estimate of drug-likeness (QED) is 0.846. The molecule has 0 unspecified atom stereocenters. The number of nitrogens with one attached hydrogen (secondary N) is 1. The van der Waals surface area contributed by atoms with Crippen LogP contribution < -0.4 is 11.3 Å². The zero-order chi connectivity index (χ0) is 16.3. The van der Waals surface area contributed by atoms with E-state index < -0.39 is 5.54 Å². The molecular formula is C17H27N5O. The summed E-state index contributed by atoms with van der Waals surface area (Å²) >= 11 is 0. The van der Waals surface area contributed by atoms with Crippen LogP contribution in [0.3, 0.4) is 0 Å². The number of hydrogen-bond donors (Lipinski definition) is 2. The van der Waals surface area contributed by atoms with Gasteiger partial charge in [0.05, 0.1) is 11.9 Å². The molecule has 126 valence electrons. The molecule has 1 fully saturated rings. The number of aromatic amines is 1. The van der Waals surface area contributed by atoms with Crippen molar-refractivity contribution >= 4 is 11.2 Å². The van der Waals surface area contributed by atoms with Crippen LogP contribution in [0.15, 0.2) is 11.1 Å². The molecule has 3 N–H and O–H groups in total. The second-order valence-electron chi connectivity index (χ2n) is 6.93. The van der Waals surface area contributed by atoms with Gasteiger partial charge in [0.25, 0.3) is 5.56 Å². The predicted molar refractivity (Wildman–Crippen MR) is 91.2 cm³/mol. The topological polar surface area (TPSA) is 89.6 Å². The summed E-state index contributed by atoms with van der Waals surface area (Å²) in [7, 11) is 1.85. The maximum absolute atomic E-state index is 12.3. The first-order valence-corrected chi connectivity index (χ1v) is 8.81. The van der Waals surface area contributed by atoms with Gasteiger partial charge in [-0.25, -0.2) is 9.97 Å². The van der Waals surface area contributed by atoms with Crippen molar-refractivity contribution < 1.29 is 0 Å². The fourth-order valence-electron chi connectivity index (χ4n) is 3.56. The van der Waals surface area contributed by atoms with E-state index in [4.69, 9.17) is 5.73 Å². The molecule has 0 aromatic carbocycles. The summed E-state index contributed by atoms with van der Waals surface area (Å²) in [6.07, 6.45) is 13.2. The SMILES string of the molecule is Cn1cnc2c(=O)[nH]c(C3(N)CCCCCCCCCC3)nc21. The van der Waals surface area contributed by atoms with Crippen LogP contribution in [0.25, 0.3) is 11.2 Å². The van der Waals surface area contributed by atoms with Crippen LogP contribution in [-0.4, -0.2) is 19.5 Å². The Morgan fingerprint density at radius 2 is 1.65 bits per heavy atom. The lowest BCUT2D eigenvalue weighted by molar-refractivity contribution is 0.331. The Labute approximate surface area is 136 Å². The van der Waals surface area contributed by atoms with Crippen molar-refractivity contribution in [2.75, 3.05) is 0 Å². The third-order valence-electron chi connectivity index (χ3n) is 5.04. The van der Waals surface area contributed by atoms with E-state index in [0.29, 0.717) is 17.0 Å². The molecule has 2 aromatic rings. The van der Waals surface area contributed by atoms with Gasteiger partial charge >= 0.3 is 0 Å². The molecule has 1 aliphatic carbocycles. The fraction of sp³-hybridized carbons (Fsp3) is 0.706. The van der Waals surface area contributed by atoms with Gasteiger partial charge in [0.2, 0.25) is 0 Å². The number of imidazole rings is 1. The number of aryl methyl sites for hydroxylation is 1. The minimum absolute atomic E-state index is 0.190. The summed E-state index contributed by atoms with van der Waals surface area (Å²) in [6.45, 7) is 0. The van der Waals surface area contributed by atoms with E-state index in [0.717, 1.165) is 25.7 Å². The Morgan fingerprint density at radius 3 is 2.26 bits per heavy atom. The highest BCUT2D eigenvalue weighted by molar-refractivity contribution is 5.69. The Morgan fingerprint density at radius 1 is 1.09 bits per heavy atom. The third kappa shape index (κ3) is 3.47. The number of fused-ring (bicyclic) bond motifs is 1. The minimum atomic E-state index is -0.540. The highest BCUT2D eigenvalue weighted by Gasteiger charge is 2.30. The first-order valence-electron chi connectivity index (χ1n) is 8.81. The van der Waals surface area contributed by atoms with Gasteiger partial charge < -0.3 is 15.3 Å². The summed E-state index contributed by atoms with van der Waals surface area (Å²) in [5.74, 6) is 0.623. The van der Waals surface area contributed by atoms with Crippen LogP contribution >= 0.6 is 0 Å². The number of nitrogens with zero attached hydrogens (tertiary/aromatic N) is 3. The van der Waals surface area contributed by atoms with E-state index in [1.165, 1.54) is 38.5 Å². The first kappa shape index (κ1) is 16.2. The molecule has 0 spiro atoms. The molecule has 0 radical (unpaired) electrons. The predicted octanol–water partition coefficient (Wildman–Crippen LogP) is 2.73. The third-order valence-corrected chi connectivity index (χ3v) is 5.04. The summed E-state index contributed by atoms with van der Waals surface area (Å²) < 4.78 is 1.78. The maximum Gasteiger partial charge on any atom is 0.279 e. The van der Waals surface area contributed by atoms with Crippen LogP contribution in [0.2, 0.25) is 0 Å². The van der Waals surface area contributed by atoms with E-state index in [2.05, 4.69) is 15.0 Å². The lowest BCUT2D eigenvalue weighted by Crippen LogP contribution is -2.40. The van der Waals surface area contributed by atoms with E-state index >= 15 is 0 Å². The van der Waals surface area contributed by atoms with Crippen LogP contribution in [0.5, 0.6) is 0 Å². The summed E-state index contributed by atoms with van der Waals surface area (Å²) in [6, 6.07) is 0. The molecule has 23 heavy (non-hydrogen) atoms. The lowest BCUT2D eigenvalue weighted by atomic mass is 9.87. The van der Waals surface area contributed by atoms with Gasteiger partial charge in [-0.1, -0.05) is 51.4 Å². The maximum atomic E-state index is 12.3. The van der Waals surface area contributed by atoms with Gasteiger partial charge in [-0.3, -0.25) is 4.79 Å². The molecule has 0 aliphatic heterocycles. The molecule has 3 rings (SSSR count). The summed E-state index contributed by atoms with van der Waals surface area (Å²) in [5.41, 5.74) is 7.01. The monoisotopic (exact) mass is 317 g/mol. The highest BCUT2D eigenvalue weighted by Crippen LogP contribution is 2.29. The second-order valence-corrected chi connectivity index (χ2v) is 6.93. The van der Waals surface area contributed by atoms with E-state index in [1.54, 1.807) is 10.9 Å². The van der Waals surface area contributed by atoms with E-state index in [-0.39, 0.29) is 5.56 Å². The molecule has 6 nitrogen and oxygen atoms in total. The van der Waals surface area contributed by atoms with Crippen molar-refractivity contribution in [3.05, 3.63) is 22.5 Å². The zero-order valence-electron chi connectivity index (χ0n) is 14.0. The molecule has 1 saturated carbocycles. The van der Waals surface area contributed by atoms with Crippen LogP contribution in [0, 0.1) is 0 Å². The smallest absolute Gasteiger partial charge is 0.279 e. The van der Waals surface area contributed by atoms with Gasteiger partial charge in [0.15, 0.2) is 11.2 Å². The average Bonchev–Trinajstić information content (AvgIpc) is 2.88. The highest BCUT2D eigenvalue weighted by atomic mass is 16.1. The number of hydrogen-bond acceptors (Lipinski definition) is 4. The molecule has 2 aromatic heterocycles. The van der Waals surface area contributed by atoms with Gasteiger partial charge in [0, 0.05) is 7.05 Å². The van der Waals surface area contributed by atoms with Crippen molar-refractivity contribution in [3.63, 3.8) is 0 Å². The standard InChI is InChI=1S/C17H27N5O/c1-22-12-19-13-14(22)20-16(21-15(13)23)17(18)10-8-6-4-2-3-5-7-9-11-17/h12H,2-11,18H2,1H3,(H,20,21,23). The van der Waals surface area contributed by atoms with E-state index in [1.807, 2.05) is 7.05 Å². The molecule has 2 heterocycles. The Kier molecular flexibility index (Phi) is 4.80. The zero-order valence-corrected chi connectivity index (χ0v) is 14.0. The normalized spacial score (nSPS) is 20.3. The Balaban J connectivity index is 1.94. The molecule has 0 amide bonds. The van der Waals surface area contributed by atoms with E-state index in [9.17, 15) is 4.79 Å². The average molecular weight is 317 g/mol. The molecular weight excluding hydrogens is 290 g/mol. The molecule has 0 bridgehead atoms. The number of rotatable bonds is 1. The number of H-pyrrole nitrogens is 1. The van der Waals surface area contributed by atoms with Gasteiger partial charge in [0.1, 0.15) is 5.82 Å². The first-order chi connectivity index (χ1) is 11.1. The Hall–Kier alpha value is -1.69. The number of nitrogens with two attached hydrogens (primary N) is 1. The molecule has 0 saturated heterocycles. The minimum Gasteiger partial charge on any atom is -0.319 e.